The maximum Gasteiger partial charge on any atom is 0.266 e. The van der Waals surface area contributed by atoms with Gasteiger partial charge in [-0.1, -0.05) is 30.3 Å². The van der Waals surface area contributed by atoms with Crippen molar-refractivity contribution in [2.75, 3.05) is 5.73 Å². The highest BCUT2D eigenvalue weighted by atomic mass is 16.1. The molecule has 2 heterocycles. The molecule has 0 aliphatic rings. The first-order valence-electron chi connectivity index (χ1n) is 6.38. The summed E-state index contributed by atoms with van der Waals surface area (Å²) < 4.78 is 1.27. The van der Waals surface area contributed by atoms with E-state index in [1.165, 1.54) is 16.9 Å². The average Bonchev–Trinajstić information content (AvgIpc) is 2.51. The molecule has 104 valence electrons. The Kier molecular flexibility index (Phi) is 3.19. The van der Waals surface area contributed by atoms with E-state index in [-0.39, 0.29) is 5.56 Å². The molecule has 0 saturated carbocycles. The number of rotatable bonds is 2. The Labute approximate surface area is 120 Å². The van der Waals surface area contributed by atoms with Crippen molar-refractivity contribution in [2.24, 2.45) is 7.05 Å². The van der Waals surface area contributed by atoms with E-state index < -0.39 is 0 Å². The molecule has 3 rings (SSSR count). The third-order valence-electron chi connectivity index (χ3n) is 3.04. The SMILES string of the molecule is Cn1nc(-c2ncc(N)nc2-c2ccccc2)ccc1=O. The summed E-state index contributed by atoms with van der Waals surface area (Å²) >= 11 is 0. The van der Waals surface area contributed by atoms with E-state index >= 15 is 0 Å². The van der Waals surface area contributed by atoms with Crippen LogP contribution in [0.4, 0.5) is 5.82 Å². The third kappa shape index (κ3) is 2.51. The summed E-state index contributed by atoms with van der Waals surface area (Å²) in [6.45, 7) is 0. The molecular weight excluding hydrogens is 266 g/mol. The summed E-state index contributed by atoms with van der Waals surface area (Å²) in [5.41, 5.74) is 8.26. The highest BCUT2D eigenvalue weighted by Gasteiger charge is 2.13. The second-order valence-corrected chi connectivity index (χ2v) is 4.54. The lowest BCUT2D eigenvalue weighted by Gasteiger charge is -2.09. The summed E-state index contributed by atoms with van der Waals surface area (Å²) in [6, 6.07) is 12.7. The Morgan fingerprint density at radius 1 is 1.05 bits per heavy atom. The van der Waals surface area contributed by atoms with Crippen molar-refractivity contribution in [3.05, 3.63) is 59.0 Å². The van der Waals surface area contributed by atoms with Gasteiger partial charge in [-0.3, -0.25) is 4.79 Å². The van der Waals surface area contributed by atoms with Crippen LogP contribution in [-0.2, 0) is 7.05 Å². The number of aromatic nitrogens is 4. The van der Waals surface area contributed by atoms with Gasteiger partial charge in [0.25, 0.3) is 5.56 Å². The Morgan fingerprint density at radius 2 is 1.81 bits per heavy atom. The second kappa shape index (κ2) is 5.16. The molecule has 0 atom stereocenters. The van der Waals surface area contributed by atoms with Crippen molar-refractivity contribution in [2.45, 2.75) is 0 Å². The molecule has 0 aliphatic heterocycles. The zero-order chi connectivity index (χ0) is 14.8. The molecule has 6 nitrogen and oxygen atoms in total. The summed E-state index contributed by atoms with van der Waals surface area (Å²) in [5.74, 6) is 0.336. The van der Waals surface area contributed by atoms with E-state index in [1.54, 1.807) is 13.1 Å². The van der Waals surface area contributed by atoms with Crippen LogP contribution in [0.15, 0.2) is 53.5 Å². The van der Waals surface area contributed by atoms with Gasteiger partial charge in [0, 0.05) is 18.7 Å². The van der Waals surface area contributed by atoms with E-state index in [1.807, 2.05) is 30.3 Å². The van der Waals surface area contributed by atoms with Crippen molar-refractivity contribution in [1.29, 1.82) is 0 Å². The number of nitrogen functional groups attached to an aromatic ring is 1. The van der Waals surface area contributed by atoms with Gasteiger partial charge in [0.1, 0.15) is 22.9 Å². The molecule has 0 saturated heterocycles. The molecule has 0 aliphatic carbocycles. The molecule has 0 fully saturated rings. The highest BCUT2D eigenvalue weighted by molar-refractivity contribution is 5.76. The number of anilines is 1. The third-order valence-corrected chi connectivity index (χ3v) is 3.04. The molecule has 3 aromatic rings. The number of benzene rings is 1. The number of nitrogens with zero attached hydrogens (tertiary/aromatic N) is 4. The van der Waals surface area contributed by atoms with Gasteiger partial charge in [0.2, 0.25) is 0 Å². The first-order chi connectivity index (χ1) is 10.1. The van der Waals surface area contributed by atoms with Crippen molar-refractivity contribution in [3.8, 4) is 22.6 Å². The lowest BCUT2D eigenvalue weighted by atomic mass is 10.1. The predicted octanol–water partition coefficient (Wildman–Crippen LogP) is 1.49. The van der Waals surface area contributed by atoms with Crippen LogP contribution in [0.5, 0.6) is 0 Å². The molecule has 0 amide bonds. The van der Waals surface area contributed by atoms with Gasteiger partial charge in [-0.15, -0.1) is 0 Å². The molecule has 2 N–H and O–H groups in total. The smallest absolute Gasteiger partial charge is 0.266 e. The zero-order valence-corrected chi connectivity index (χ0v) is 11.4. The fourth-order valence-corrected chi connectivity index (χ4v) is 2.02. The lowest BCUT2D eigenvalue weighted by molar-refractivity contribution is 0.711. The summed E-state index contributed by atoms with van der Waals surface area (Å²) in [6.07, 6.45) is 1.48. The van der Waals surface area contributed by atoms with Crippen LogP contribution in [0.2, 0.25) is 0 Å². The zero-order valence-electron chi connectivity index (χ0n) is 11.4. The van der Waals surface area contributed by atoms with Crippen LogP contribution in [0.3, 0.4) is 0 Å². The van der Waals surface area contributed by atoms with Gasteiger partial charge in [-0.05, 0) is 6.07 Å². The maximum atomic E-state index is 11.5. The van der Waals surface area contributed by atoms with E-state index in [2.05, 4.69) is 15.1 Å². The fourth-order valence-electron chi connectivity index (χ4n) is 2.02. The maximum absolute atomic E-state index is 11.5. The molecule has 21 heavy (non-hydrogen) atoms. The number of aryl methyl sites for hydroxylation is 1. The van der Waals surface area contributed by atoms with Crippen LogP contribution in [0, 0.1) is 0 Å². The molecule has 0 radical (unpaired) electrons. The minimum absolute atomic E-state index is 0.177. The van der Waals surface area contributed by atoms with Crippen LogP contribution in [-0.4, -0.2) is 19.7 Å². The Balaban J connectivity index is 2.23. The van der Waals surface area contributed by atoms with E-state index in [0.717, 1.165) is 5.56 Å². The molecule has 2 aromatic heterocycles. The normalized spacial score (nSPS) is 10.5. The van der Waals surface area contributed by atoms with Gasteiger partial charge in [0.15, 0.2) is 0 Å². The summed E-state index contributed by atoms with van der Waals surface area (Å²) in [7, 11) is 1.60. The van der Waals surface area contributed by atoms with Crippen LogP contribution in [0.25, 0.3) is 22.6 Å². The van der Waals surface area contributed by atoms with Gasteiger partial charge < -0.3 is 5.73 Å². The molecule has 0 spiro atoms. The Morgan fingerprint density at radius 3 is 2.52 bits per heavy atom. The van der Waals surface area contributed by atoms with Gasteiger partial charge in [-0.2, -0.15) is 5.10 Å². The van der Waals surface area contributed by atoms with Crippen LogP contribution in [0.1, 0.15) is 0 Å². The van der Waals surface area contributed by atoms with Crippen molar-refractivity contribution < 1.29 is 0 Å². The number of nitrogens with two attached hydrogens (primary N) is 1. The highest BCUT2D eigenvalue weighted by Crippen LogP contribution is 2.27. The monoisotopic (exact) mass is 279 g/mol. The molecule has 0 bridgehead atoms. The van der Waals surface area contributed by atoms with E-state index in [9.17, 15) is 4.79 Å². The lowest BCUT2D eigenvalue weighted by Crippen LogP contribution is -2.18. The Hall–Kier alpha value is -3.02. The average molecular weight is 279 g/mol. The largest absolute Gasteiger partial charge is 0.382 e. The predicted molar refractivity (Wildman–Crippen MR) is 80.4 cm³/mol. The fraction of sp³-hybridized carbons (Fsp3) is 0.0667. The van der Waals surface area contributed by atoms with Crippen molar-refractivity contribution >= 4 is 5.82 Å². The quantitative estimate of drug-likeness (QED) is 0.768. The van der Waals surface area contributed by atoms with E-state index in [4.69, 9.17) is 5.73 Å². The van der Waals surface area contributed by atoms with Gasteiger partial charge in [-0.25, -0.2) is 14.6 Å². The number of hydrogen-bond acceptors (Lipinski definition) is 5. The van der Waals surface area contributed by atoms with Gasteiger partial charge in [0.05, 0.1) is 6.20 Å². The second-order valence-electron chi connectivity index (χ2n) is 4.54. The standard InChI is InChI=1S/C15H13N5O/c1-20-13(21)8-7-11(19-20)15-14(18-12(16)9-17-15)10-5-3-2-4-6-10/h2-9H,1H3,(H2,16,18). The van der Waals surface area contributed by atoms with Crippen molar-refractivity contribution in [1.82, 2.24) is 19.7 Å². The minimum Gasteiger partial charge on any atom is -0.382 e. The first kappa shape index (κ1) is 13.0. The minimum atomic E-state index is -0.177. The molecule has 0 unspecified atom stereocenters. The molecular formula is C15H13N5O. The van der Waals surface area contributed by atoms with Crippen molar-refractivity contribution in [3.63, 3.8) is 0 Å². The molecule has 1 aromatic carbocycles. The van der Waals surface area contributed by atoms with Gasteiger partial charge >= 0.3 is 0 Å². The molecule has 6 heteroatoms. The van der Waals surface area contributed by atoms with Crippen LogP contribution < -0.4 is 11.3 Å². The topological polar surface area (TPSA) is 86.7 Å². The Bertz CT molecular complexity index is 842. The number of hydrogen-bond donors (Lipinski definition) is 1. The first-order valence-corrected chi connectivity index (χ1v) is 6.38. The summed E-state index contributed by atoms with van der Waals surface area (Å²) in [5, 5.41) is 4.22. The summed E-state index contributed by atoms with van der Waals surface area (Å²) in [4.78, 5) is 20.1. The van der Waals surface area contributed by atoms with Crippen LogP contribution >= 0.6 is 0 Å². The van der Waals surface area contributed by atoms with E-state index in [0.29, 0.717) is 22.9 Å².